The van der Waals surface area contributed by atoms with Crippen LogP contribution in [0.3, 0.4) is 0 Å². The van der Waals surface area contributed by atoms with E-state index in [1.807, 2.05) is 65.0 Å². The molecule has 2 fully saturated rings. The Bertz CT molecular complexity index is 1990. The first-order valence-electron chi connectivity index (χ1n) is 16.8. The highest BCUT2D eigenvalue weighted by Crippen LogP contribution is 2.64. The summed E-state index contributed by atoms with van der Waals surface area (Å²) in [5.41, 5.74) is -0.346. The van der Waals surface area contributed by atoms with Crippen molar-refractivity contribution in [1.82, 2.24) is 9.44 Å². The maximum atomic E-state index is 12.8. The van der Waals surface area contributed by atoms with Crippen LogP contribution in [-0.2, 0) is 36.2 Å². The van der Waals surface area contributed by atoms with E-state index in [0.717, 1.165) is 5.56 Å². The van der Waals surface area contributed by atoms with Crippen molar-refractivity contribution in [3.63, 3.8) is 0 Å². The maximum absolute atomic E-state index is 12.8. The summed E-state index contributed by atoms with van der Waals surface area (Å²) in [6.45, 7) is 17.5. The van der Waals surface area contributed by atoms with Gasteiger partial charge in [-0.05, 0) is 65.8 Å². The number of benzene rings is 3. The van der Waals surface area contributed by atoms with Gasteiger partial charge < -0.3 is 10.1 Å². The van der Waals surface area contributed by atoms with Crippen molar-refractivity contribution in [3.8, 4) is 5.75 Å². The summed E-state index contributed by atoms with van der Waals surface area (Å²) < 4.78 is 61.0. The van der Waals surface area contributed by atoms with E-state index >= 15 is 0 Å². The van der Waals surface area contributed by atoms with Crippen LogP contribution in [0.4, 0.5) is 5.69 Å². The van der Waals surface area contributed by atoms with Crippen LogP contribution >= 0.6 is 0 Å². The van der Waals surface area contributed by atoms with Crippen molar-refractivity contribution < 1.29 is 31.2 Å². The molecule has 12 heteroatoms. The minimum absolute atomic E-state index is 0.00104. The topological polar surface area (TPSA) is 148 Å². The molecule has 3 N–H and O–H groups in total. The van der Waals surface area contributed by atoms with Crippen LogP contribution in [0.5, 0.6) is 5.75 Å². The van der Waals surface area contributed by atoms with Crippen LogP contribution in [0.25, 0.3) is 0 Å². The molecule has 0 unspecified atom stereocenters. The Balaban J connectivity index is 0.000000233. The van der Waals surface area contributed by atoms with Gasteiger partial charge in [-0.1, -0.05) is 95.3 Å². The molecule has 2 saturated carbocycles. The molecule has 0 aromatic heterocycles. The van der Waals surface area contributed by atoms with E-state index in [1.165, 1.54) is 18.2 Å². The second kappa shape index (κ2) is 15.1. The van der Waals surface area contributed by atoms with Gasteiger partial charge >= 0.3 is 0 Å². The van der Waals surface area contributed by atoms with E-state index in [1.54, 1.807) is 49.5 Å². The highest BCUT2D eigenvalue weighted by atomic mass is 32.2. The SMILES string of the molecule is C=C[C@@H]1C[C@@]1(C(=O)NS(=O)(=O)c1cccc(OCc2ccccc2)c1)C(C)C.C=C[C@@H]1C[C@@]1(C(=O)NS(=O)(=O)c1ccccc1NC)C(C)(C)C. The molecule has 2 aliphatic rings. The van der Waals surface area contributed by atoms with Gasteiger partial charge in [0.1, 0.15) is 17.3 Å². The molecule has 4 atom stereocenters. The third kappa shape index (κ3) is 8.23. The molecule has 0 spiro atoms. The summed E-state index contributed by atoms with van der Waals surface area (Å²) in [6.07, 6.45) is 4.70. The molecule has 0 radical (unpaired) electrons. The maximum Gasteiger partial charge on any atom is 0.266 e. The van der Waals surface area contributed by atoms with Crippen molar-refractivity contribution in [2.45, 2.75) is 63.9 Å². The lowest BCUT2D eigenvalue weighted by molar-refractivity contribution is -0.129. The molecular weight excluding hydrogens is 687 g/mol. The number of anilines is 1. The van der Waals surface area contributed by atoms with Crippen molar-refractivity contribution in [3.05, 3.63) is 110 Å². The molecule has 0 bridgehead atoms. The highest BCUT2D eigenvalue weighted by Gasteiger charge is 2.65. The number of allylic oxidation sites excluding steroid dienone is 2. The number of carbonyl (C=O) groups excluding carboxylic acids is 2. The first-order chi connectivity index (χ1) is 23.9. The number of rotatable bonds is 13. The lowest BCUT2D eigenvalue weighted by Crippen LogP contribution is -2.43. The zero-order valence-electron chi connectivity index (χ0n) is 30.1. The number of para-hydroxylation sites is 1. The lowest BCUT2D eigenvalue weighted by atomic mass is 9.75. The largest absolute Gasteiger partial charge is 0.489 e. The smallest absolute Gasteiger partial charge is 0.266 e. The minimum Gasteiger partial charge on any atom is -0.489 e. The Hall–Kier alpha value is -4.42. The van der Waals surface area contributed by atoms with Gasteiger partial charge in [0.05, 0.1) is 21.4 Å². The van der Waals surface area contributed by atoms with Crippen LogP contribution < -0.4 is 19.5 Å². The fourth-order valence-corrected chi connectivity index (χ4v) is 9.08. The normalized spacial score (nSPS) is 22.4. The molecule has 2 aliphatic carbocycles. The number of ether oxygens (including phenoxy) is 1. The molecule has 51 heavy (non-hydrogen) atoms. The van der Waals surface area contributed by atoms with Gasteiger partial charge in [0, 0.05) is 13.1 Å². The third-order valence-electron chi connectivity index (χ3n) is 10.1. The molecule has 0 saturated heterocycles. The number of amides is 2. The van der Waals surface area contributed by atoms with Crippen LogP contribution in [-0.4, -0.2) is 35.7 Å². The minimum atomic E-state index is -3.99. The monoisotopic (exact) mass is 735 g/mol. The van der Waals surface area contributed by atoms with Crippen molar-refractivity contribution in [2.24, 2.45) is 34.0 Å². The van der Waals surface area contributed by atoms with Gasteiger partial charge in [0.15, 0.2) is 0 Å². The number of nitrogens with one attached hydrogen (secondary N) is 3. The predicted molar refractivity (Wildman–Crippen MR) is 200 cm³/mol. The summed E-state index contributed by atoms with van der Waals surface area (Å²) in [5.74, 6) is -0.483. The zero-order chi connectivity index (χ0) is 37.8. The molecule has 0 heterocycles. The predicted octanol–water partition coefficient (Wildman–Crippen LogP) is 6.69. The zero-order valence-corrected chi connectivity index (χ0v) is 31.7. The summed E-state index contributed by atoms with van der Waals surface area (Å²) in [6, 6.07) is 22.3. The first kappa shape index (κ1) is 39.4. The standard InChI is InChI=1S/C22H25NO4S.C17H24N2O3S/c1-4-18-14-22(18,16(2)3)21(24)23-28(25,26)20-12-8-11-19(13-20)27-15-17-9-6-5-7-10-17;1-6-12-11-17(12,16(2,3)4)15(20)19-23(21,22)14-10-8-7-9-13(14)18-5/h4-13,16,18H,1,14-15H2,2-3H3,(H,23,24);6-10,12,18H,1,11H2,2-5H3,(H,19,20)/t18-,22-;12-,17-/m11/s1. The second-order valence-electron chi connectivity index (χ2n) is 14.4. The van der Waals surface area contributed by atoms with E-state index in [-0.39, 0.29) is 33.0 Å². The van der Waals surface area contributed by atoms with E-state index in [9.17, 15) is 26.4 Å². The van der Waals surface area contributed by atoms with Gasteiger partial charge in [0.25, 0.3) is 20.0 Å². The number of carbonyl (C=O) groups is 2. The molecule has 2 amide bonds. The number of hydrogen-bond donors (Lipinski definition) is 3. The Morgan fingerprint density at radius 1 is 0.843 bits per heavy atom. The van der Waals surface area contributed by atoms with Gasteiger partial charge in [0.2, 0.25) is 11.8 Å². The summed E-state index contributed by atoms with van der Waals surface area (Å²) >= 11 is 0. The summed E-state index contributed by atoms with van der Waals surface area (Å²) in [5, 5.41) is 2.83. The molecule has 10 nitrogen and oxygen atoms in total. The van der Waals surface area contributed by atoms with Gasteiger partial charge in [-0.3, -0.25) is 9.59 Å². The molecular formula is C39H49N3O7S2. The van der Waals surface area contributed by atoms with E-state index in [4.69, 9.17) is 4.74 Å². The van der Waals surface area contributed by atoms with Crippen LogP contribution in [0.1, 0.15) is 53.0 Å². The second-order valence-corrected chi connectivity index (χ2v) is 17.7. The van der Waals surface area contributed by atoms with Gasteiger partial charge in [-0.2, -0.15) is 0 Å². The Morgan fingerprint density at radius 2 is 1.45 bits per heavy atom. The molecule has 0 aliphatic heterocycles. The van der Waals surface area contributed by atoms with Gasteiger partial charge in [-0.25, -0.2) is 26.3 Å². The van der Waals surface area contributed by atoms with E-state index in [0.29, 0.717) is 30.9 Å². The quantitative estimate of drug-likeness (QED) is 0.165. The van der Waals surface area contributed by atoms with E-state index < -0.39 is 42.7 Å². The van der Waals surface area contributed by atoms with Crippen molar-refractivity contribution >= 4 is 37.5 Å². The molecule has 274 valence electrons. The highest BCUT2D eigenvalue weighted by molar-refractivity contribution is 7.90. The average molecular weight is 736 g/mol. The lowest BCUT2D eigenvalue weighted by Gasteiger charge is -2.30. The first-order valence-corrected chi connectivity index (χ1v) is 19.8. The number of hydrogen-bond acceptors (Lipinski definition) is 8. The Kier molecular flexibility index (Phi) is 11.6. The van der Waals surface area contributed by atoms with Crippen molar-refractivity contribution in [1.29, 1.82) is 0 Å². The molecule has 3 aromatic rings. The molecule has 3 aromatic carbocycles. The third-order valence-corrected chi connectivity index (χ3v) is 12.8. The summed E-state index contributed by atoms with van der Waals surface area (Å²) in [7, 11) is -6.28. The van der Waals surface area contributed by atoms with Crippen molar-refractivity contribution in [2.75, 3.05) is 12.4 Å². The fourth-order valence-electron chi connectivity index (χ4n) is 6.75. The average Bonchev–Trinajstić information content (AvgIpc) is 4.01. The molecule has 5 rings (SSSR count). The summed E-state index contributed by atoms with van der Waals surface area (Å²) in [4.78, 5) is 25.6. The fraction of sp³-hybridized carbons (Fsp3) is 0.385. The van der Waals surface area contributed by atoms with E-state index in [2.05, 4.69) is 27.9 Å². The Morgan fingerprint density at radius 3 is 2.00 bits per heavy atom. The Labute approximate surface area is 302 Å². The van der Waals surface area contributed by atoms with Crippen LogP contribution in [0.2, 0.25) is 0 Å². The van der Waals surface area contributed by atoms with Crippen LogP contribution in [0.15, 0.2) is 114 Å². The van der Waals surface area contributed by atoms with Gasteiger partial charge in [-0.15, -0.1) is 13.2 Å². The van der Waals surface area contributed by atoms with Crippen LogP contribution in [0, 0.1) is 34.0 Å². The number of sulfonamides is 2.